The van der Waals surface area contributed by atoms with Crippen molar-refractivity contribution in [3.63, 3.8) is 0 Å². The van der Waals surface area contributed by atoms with Crippen LogP contribution < -0.4 is 5.73 Å². The molecule has 0 bridgehead atoms. The molecule has 0 aliphatic carbocycles. The molecule has 2 atom stereocenters. The first kappa shape index (κ1) is 14.8. The molecule has 0 spiro atoms. The lowest BCUT2D eigenvalue weighted by Gasteiger charge is -2.20. The highest BCUT2D eigenvalue weighted by molar-refractivity contribution is 5.27. The second-order valence-corrected chi connectivity index (χ2v) is 5.96. The number of rotatable bonds is 5. The molecule has 0 saturated carbocycles. The summed E-state index contributed by atoms with van der Waals surface area (Å²) in [5, 5.41) is 0. The van der Waals surface area contributed by atoms with Crippen molar-refractivity contribution in [1.29, 1.82) is 0 Å². The van der Waals surface area contributed by atoms with Gasteiger partial charge < -0.3 is 5.73 Å². The van der Waals surface area contributed by atoms with Gasteiger partial charge in [-0.05, 0) is 34.9 Å². The summed E-state index contributed by atoms with van der Waals surface area (Å²) in [7, 11) is 0. The van der Waals surface area contributed by atoms with Gasteiger partial charge in [0.15, 0.2) is 0 Å². The van der Waals surface area contributed by atoms with Gasteiger partial charge in [0.1, 0.15) is 0 Å². The van der Waals surface area contributed by atoms with Crippen molar-refractivity contribution in [2.24, 2.45) is 5.73 Å². The normalized spacial score (nSPS) is 14.2. The van der Waals surface area contributed by atoms with E-state index in [0.717, 1.165) is 6.42 Å². The van der Waals surface area contributed by atoms with Crippen molar-refractivity contribution in [3.8, 4) is 0 Å². The predicted octanol–water partition coefficient (Wildman–Crippen LogP) is 4.48. The van der Waals surface area contributed by atoms with Crippen molar-refractivity contribution in [1.82, 2.24) is 0 Å². The van der Waals surface area contributed by atoms with Gasteiger partial charge in [-0.3, -0.25) is 0 Å². The first-order valence-electron chi connectivity index (χ1n) is 7.47. The molecule has 2 rings (SSSR count). The molecular formula is C19H25N. The Bertz CT molecular complexity index is 513. The minimum Gasteiger partial charge on any atom is -0.327 e. The standard InChI is InChI=1S/C19H25N/c1-14(2)17-11-9-16(10-12-17)13-19(20)15(3)18-7-5-4-6-8-18/h4-12,14-15,19H,13,20H2,1-3H3. The van der Waals surface area contributed by atoms with Crippen LogP contribution >= 0.6 is 0 Å². The summed E-state index contributed by atoms with van der Waals surface area (Å²) < 4.78 is 0. The van der Waals surface area contributed by atoms with Gasteiger partial charge >= 0.3 is 0 Å². The van der Waals surface area contributed by atoms with Gasteiger partial charge in [0.25, 0.3) is 0 Å². The molecule has 0 amide bonds. The molecule has 1 nitrogen and oxygen atoms in total. The van der Waals surface area contributed by atoms with Crippen LogP contribution in [0.15, 0.2) is 54.6 Å². The van der Waals surface area contributed by atoms with Crippen LogP contribution in [0.3, 0.4) is 0 Å². The smallest absolute Gasteiger partial charge is 0.0146 e. The summed E-state index contributed by atoms with van der Waals surface area (Å²) in [6.45, 7) is 6.65. The van der Waals surface area contributed by atoms with Gasteiger partial charge in [0.05, 0.1) is 0 Å². The average molecular weight is 267 g/mol. The Hall–Kier alpha value is -1.60. The Morgan fingerprint density at radius 3 is 1.95 bits per heavy atom. The predicted molar refractivity (Wildman–Crippen MR) is 87.1 cm³/mol. The highest BCUT2D eigenvalue weighted by Crippen LogP contribution is 2.21. The monoisotopic (exact) mass is 267 g/mol. The third-order valence-electron chi connectivity index (χ3n) is 4.09. The number of nitrogens with two attached hydrogens (primary N) is 1. The fraction of sp³-hybridized carbons (Fsp3) is 0.368. The molecule has 0 aliphatic rings. The van der Waals surface area contributed by atoms with Crippen molar-refractivity contribution in [3.05, 3.63) is 71.3 Å². The van der Waals surface area contributed by atoms with Gasteiger partial charge in [-0.15, -0.1) is 0 Å². The van der Waals surface area contributed by atoms with Gasteiger partial charge in [-0.1, -0.05) is 75.4 Å². The van der Waals surface area contributed by atoms with E-state index in [9.17, 15) is 0 Å². The number of hydrogen-bond acceptors (Lipinski definition) is 1. The van der Waals surface area contributed by atoms with Gasteiger partial charge in [0.2, 0.25) is 0 Å². The topological polar surface area (TPSA) is 26.0 Å². The van der Waals surface area contributed by atoms with Crippen LogP contribution in [-0.4, -0.2) is 6.04 Å². The molecule has 2 unspecified atom stereocenters. The summed E-state index contributed by atoms with van der Waals surface area (Å²) in [6.07, 6.45) is 0.925. The Labute approximate surface area is 122 Å². The maximum Gasteiger partial charge on any atom is 0.0146 e. The third kappa shape index (κ3) is 3.71. The first-order chi connectivity index (χ1) is 9.58. The zero-order valence-electron chi connectivity index (χ0n) is 12.7. The lowest BCUT2D eigenvalue weighted by molar-refractivity contribution is 0.564. The maximum atomic E-state index is 6.38. The first-order valence-corrected chi connectivity index (χ1v) is 7.47. The SMILES string of the molecule is CC(C)c1ccc(CC(N)C(C)c2ccccc2)cc1. The fourth-order valence-corrected chi connectivity index (χ4v) is 2.49. The van der Waals surface area contributed by atoms with Crippen molar-refractivity contribution >= 4 is 0 Å². The zero-order chi connectivity index (χ0) is 14.5. The van der Waals surface area contributed by atoms with E-state index in [1.807, 2.05) is 6.07 Å². The van der Waals surface area contributed by atoms with Crippen LogP contribution in [0, 0.1) is 0 Å². The van der Waals surface area contributed by atoms with Crippen LogP contribution in [0.5, 0.6) is 0 Å². The van der Waals surface area contributed by atoms with E-state index in [0.29, 0.717) is 11.8 Å². The Kier molecular flexibility index (Phi) is 4.97. The lowest BCUT2D eigenvalue weighted by atomic mass is 9.89. The van der Waals surface area contributed by atoms with Gasteiger partial charge in [-0.25, -0.2) is 0 Å². The zero-order valence-corrected chi connectivity index (χ0v) is 12.7. The second kappa shape index (κ2) is 6.71. The van der Waals surface area contributed by atoms with Gasteiger partial charge in [-0.2, -0.15) is 0 Å². The molecule has 0 fully saturated rings. The third-order valence-corrected chi connectivity index (χ3v) is 4.09. The van der Waals surface area contributed by atoms with E-state index in [-0.39, 0.29) is 6.04 Å². The van der Waals surface area contributed by atoms with Crippen molar-refractivity contribution in [2.45, 2.75) is 45.1 Å². The molecule has 1 heteroatoms. The minimum absolute atomic E-state index is 0.155. The van der Waals surface area contributed by atoms with E-state index in [1.54, 1.807) is 0 Å². The van der Waals surface area contributed by atoms with E-state index in [2.05, 4.69) is 69.3 Å². The average Bonchev–Trinajstić information content (AvgIpc) is 2.48. The quantitative estimate of drug-likeness (QED) is 0.849. The minimum atomic E-state index is 0.155. The van der Waals surface area contributed by atoms with E-state index >= 15 is 0 Å². The Morgan fingerprint density at radius 1 is 0.800 bits per heavy atom. The molecule has 0 aromatic heterocycles. The summed E-state index contributed by atoms with van der Waals surface area (Å²) in [4.78, 5) is 0. The van der Waals surface area contributed by atoms with Crippen LogP contribution in [-0.2, 0) is 6.42 Å². The molecule has 0 radical (unpaired) electrons. The molecular weight excluding hydrogens is 242 g/mol. The molecule has 0 heterocycles. The molecule has 20 heavy (non-hydrogen) atoms. The van der Waals surface area contributed by atoms with Crippen LogP contribution in [0.4, 0.5) is 0 Å². The summed E-state index contributed by atoms with van der Waals surface area (Å²) in [5.74, 6) is 0.960. The molecule has 0 saturated heterocycles. The van der Waals surface area contributed by atoms with Crippen LogP contribution in [0.25, 0.3) is 0 Å². The summed E-state index contributed by atoms with van der Waals surface area (Å²) in [6, 6.07) is 19.6. The van der Waals surface area contributed by atoms with E-state index in [1.165, 1.54) is 16.7 Å². The summed E-state index contributed by atoms with van der Waals surface area (Å²) >= 11 is 0. The lowest BCUT2D eigenvalue weighted by Crippen LogP contribution is -2.29. The largest absolute Gasteiger partial charge is 0.327 e. The fourth-order valence-electron chi connectivity index (χ4n) is 2.49. The van der Waals surface area contributed by atoms with E-state index < -0.39 is 0 Å². The van der Waals surface area contributed by atoms with Crippen LogP contribution in [0.2, 0.25) is 0 Å². The highest BCUT2D eigenvalue weighted by atomic mass is 14.6. The van der Waals surface area contributed by atoms with Crippen molar-refractivity contribution < 1.29 is 0 Å². The maximum absolute atomic E-state index is 6.38. The Morgan fingerprint density at radius 2 is 1.40 bits per heavy atom. The molecule has 2 aromatic rings. The highest BCUT2D eigenvalue weighted by Gasteiger charge is 2.15. The van der Waals surface area contributed by atoms with E-state index in [4.69, 9.17) is 5.73 Å². The van der Waals surface area contributed by atoms with Gasteiger partial charge in [0, 0.05) is 6.04 Å². The van der Waals surface area contributed by atoms with Crippen molar-refractivity contribution in [2.75, 3.05) is 0 Å². The summed E-state index contributed by atoms with van der Waals surface area (Å²) in [5.41, 5.74) is 10.4. The Balaban J connectivity index is 2.02. The van der Waals surface area contributed by atoms with Crippen LogP contribution in [0.1, 0.15) is 49.3 Å². The number of benzene rings is 2. The number of hydrogen-bond donors (Lipinski definition) is 1. The molecule has 106 valence electrons. The molecule has 2 aromatic carbocycles. The molecule has 0 aliphatic heterocycles. The second-order valence-electron chi connectivity index (χ2n) is 5.96. The molecule has 2 N–H and O–H groups in total.